The lowest BCUT2D eigenvalue weighted by Gasteiger charge is -2.09. The minimum absolute atomic E-state index is 0.114. The number of nitrogens with one attached hydrogen (secondary N) is 1. The fourth-order valence-electron chi connectivity index (χ4n) is 1.84. The summed E-state index contributed by atoms with van der Waals surface area (Å²) < 4.78 is 10.4. The molecule has 2 rings (SSSR count). The van der Waals surface area contributed by atoms with E-state index < -0.39 is 0 Å². The van der Waals surface area contributed by atoms with Crippen molar-refractivity contribution in [3.8, 4) is 11.5 Å². The Kier molecular flexibility index (Phi) is 5.44. The number of hydrogen-bond donors (Lipinski definition) is 1. The summed E-state index contributed by atoms with van der Waals surface area (Å²) in [5.74, 6) is 1.21. The van der Waals surface area contributed by atoms with Crippen LogP contribution in [0.3, 0.4) is 0 Å². The Hall–Kier alpha value is -2.46. The van der Waals surface area contributed by atoms with Crippen molar-refractivity contribution in [2.24, 2.45) is 0 Å². The molecule has 0 aromatic heterocycles. The Labute approximate surface area is 134 Å². The van der Waals surface area contributed by atoms with Crippen molar-refractivity contribution in [2.75, 3.05) is 19.5 Å². The molecule has 0 spiro atoms. The number of halogens is 1. The fourth-order valence-corrected chi connectivity index (χ4v) is 1.96. The molecule has 1 N–H and O–H groups in total. The molecule has 2 aromatic carbocycles. The van der Waals surface area contributed by atoms with Crippen molar-refractivity contribution in [3.05, 3.63) is 65.3 Å². The predicted molar refractivity (Wildman–Crippen MR) is 88.1 cm³/mol. The lowest BCUT2D eigenvalue weighted by Crippen LogP contribution is -1.97. The molecule has 0 radical (unpaired) electrons. The second kappa shape index (κ2) is 7.52. The van der Waals surface area contributed by atoms with Crippen LogP contribution in [0.15, 0.2) is 54.7 Å². The van der Waals surface area contributed by atoms with Crippen LogP contribution in [-0.2, 0) is 0 Å². The van der Waals surface area contributed by atoms with Gasteiger partial charge in [-0.05, 0) is 36.4 Å². The molecule has 0 unspecified atom stereocenters. The molecule has 0 aliphatic carbocycles. The molecule has 0 bridgehead atoms. The molecule has 0 saturated heterocycles. The third-order valence-corrected chi connectivity index (χ3v) is 3.26. The Morgan fingerprint density at radius 3 is 2.45 bits per heavy atom. The average Bonchev–Trinajstić information content (AvgIpc) is 2.55. The first kappa shape index (κ1) is 15.9. The lowest BCUT2D eigenvalue weighted by molar-refractivity contribution is 0.104. The minimum Gasteiger partial charge on any atom is -0.497 e. The molecule has 5 heteroatoms. The van der Waals surface area contributed by atoms with E-state index in [1.807, 2.05) is 6.07 Å². The summed E-state index contributed by atoms with van der Waals surface area (Å²) >= 11 is 5.79. The van der Waals surface area contributed by atoms with Gasteiger partial charge in [0.2, 0.25) is 0 Å². The molecule has 0 heterocycles. The number of allylic oxidation sites excluding steroid dienone is 1. The van der Waals surface area contributed by atoms with Gasteiger partial charge in [-0.25, -0.2) is 0 Å². The summed E-state index contributed by atoms with van der Waals surface area (Å²) in [5.41, 5.74) is 1.31. The Morgan fingerprint density at radius 2 is 1.82 bits per heavy atom. The van der Waals surface area contributed by atoms with E-state index in [2.05, 4.69) is 5.32 Å². The summed E-state index contributed by atoms with van der Waals surface area (Å²) in [7, 11) is 3.16. The topological polar surface area (TPSA) is 47.6 Å². The maximum Gasteiger partial charge on any atom is 0.187 e. The van der Waals surface area contributed by atoms with E-state index >= 15 is 0 Å². The SMILES string of the molecule is COc1ccc(N/C=C/C(=O)c2ccc(Cl)cc2)c(OC)c1. The average molecular weight is 318 g/mol. The van der Waals surface area contributed by atoms with E-state index in [9.17, 15) is 4.79 Å². The lowest BCUT2D eigenvalue weighted by atomic mass is 10.1. The van der Waals surface area contributed by atoms with E-state index in [-0.39, 0.29) is 5.78 Å². The third-order valence-electron chi connectivity index (χ3n) is 3.01. The van der Waals surface area contributed by atoms with Crippen LogP contribution < -0.4 is 14.8 Å². The summed E-state index contributed by atoms with van der Waals surface area (Å²) in [6, 6.07) is 12.1. The molecule has 0 amide bonds. The maximum absolute atomic E-state index is 12.0. The van der Waals surface area contributed by atoms with Crippen LogP contribution in [0.2, 0.25) is 5.02 Å². The predicted octanol–water partition coefficient (Wildman–Crippen LogP) is 4.17. The zero-order valence-corrected chi connectivity index (χ0v) is 13.1. The van der Waals surface area contributed by atoms with Gasteiger partial charge in [0, 0.05) is 28.9 Å². The summed E-state index contributed by atoms with van der Waals surface area (Å²) in [6.07, 6.45) is 3.02. The summed E-state index contributed by atoms with van der Waals surface area (Å²) in [5, 5.41) is 3.62. The van der Waals surface area contributed by atoms with E-state index in [1.165, 1.54) is 6.08 Å². The molecule has 114 valence electrons. The molecule has 0 atom stereocenters. The first-order chi connectivity index (χ1) is 10.6. The van der Waals surface area contributed by atoms with Gasteiger partial charge in [-0.1, -0.05) is 11.6 Å². The highest BCUT2D eigenvalue weighted by Crippen LogP contribution is 2.28. The van der Waals surface area contributed by atoms with Gasteiger partial charge in [0.1, 0.15) is 11.5 Å². The number of ether oxygens (including phenoxy) is 2. The highest BCUT2D eigenvalue weighted by Gasteiger charge is 2.04. The van der Waals surface area contributed by atoms with Crippen LogP contribution in [0.25, 0.3) is 0 Å². The van der Waals surface area contributed by atoms with Crippen LogP contribution in [0.4, 0.5) is 5.69 Å². The highest BCUT2D eigenvalue weighted by molar-refractivity contribution is 6.30. The molecule has 0 aliphatic heterocycles. The van der Waals surface area contributed by atoms with Gasteiger partial charge in [-0.2, -0.15) is 0 Å². The molecular formula is C17H16ClNO3. The number of rotatable bonds is 6. The van der Waals surface area contributed by atoms with Crippen molar-refractivity contribution in [2.45, 2.75) is 0 Å². The summed E-state index contributed by atoms with van der Waals surface area (Å²) in [4.78, 5) is 12.0. The Morgan fingerprint density at radius 1 is 1.09 bits per heavy atom. The molecule has 0 aliphatic rings. The minimum atomic E-state index is -0.114. The highest BCUT2D eigenvalue weighted by atomic mass is 35.5. The zero-order chi connectivity index (χ0) is 15.9. The van der Waals surface area contributed by atoms with Gasteiger partial charge >= 0.3 is 0 Å². The zero-order valence-electron chi connectivity index (χ0n) is 12.3. The van der Waals surface area contributed by atoms with Crippen molar-refractivity contribution in [1.29, 1.82) is 0 Å². The first-order valence-corrected chi connectivity index (χ1v) is 6.97. The van der Waals surface area contributed by atoms with E-state index in [0.29, 0.717) is 22.1 Å². The van der Waals surface area contributed by atoms with Crippen LogP contribution >= 0.6 is 11.6 Å². The van der Waals surface area contributed by atoms with Crippen molar-refractivity contribution in [1.82, 2.24) is 0 Å². The first-order valence-electron chi connectivity index (χ1n) is 6.59. The second-order valence-corrected chi connectivity index (χ2v) is 4.85. The Balaban J connectivity index is 2.06. The van der Waals surface area contributed by atoms with E-state index in [4.69, 9.17) is 21.1 Å². The van der Waals surface area contributed by atoms with E-state index in [1.54, 1.807) is 56.8 Å². The van der Waals surface area contributed by atoms with E-state index in [0.717, 1.165) is 5.69 Å². The largest absolute Gasteiger partial charge is 0.497 e. The van der Waals surface area contributed by atoms with Gasteiger partial charge in [0.15, 0.2) is 5.78 Å². The van der Waals surface area contributed by atoms with Crippen LogP contribution in [-0.4, -0.2) is 20.0 Å². The van der Waals surface area contributed by atoms with Crippen LogP contribution in [0.5, 0.6) is 11.5 Å². The van der Waals surface area contributed by atoms with Crippen molar-refractivity contribution in [3.63, 3.8) is 0 Å². The number of carbonyl (C=O) groups excluding carboxylic acids is 1. The smallest absolute Gasteiger partial charge is 0.187 e. The molecule has 4 nitrogen and oxygen atoms in total. The third kappa shape index (κ3) is 4.02. The van der Waals surface area contributed by atoms with Gasteiger partial charge < -0.3 is 14.8 Å². The monoisotopic (exact) mass is 317 g/mol. The second-order valence-electron chi connectivity index (χ2n) is 4.42. The molecule has 0 saturated carbocycles. The molecular weight excluding hydrogens is 302 g/mol. The van der Waals surface area contributed by atoms with Gasteiger partial charge in [0.25, 0.3) is 0 Å². The number of methoxy groups -OCH3 is 2. The quantitative estimate of drug-likeness (QED) is 0.642. The van der Waals surface area contributed by atoms with Crippen LogP contribution in [0, 0.1) is 0 Å². The summed E-state index contributed by atoms with van der Waals surface area (Å²) in [6.45, 7) is 0. The maximum atomic E-state index is 12.0. The normalized spacial score (nSPS) is 10.5. The standard InChI is InChI=1S/C17H16ClNO3/c1-21-14-7-8-15(17(11-14)22-2)19-10-9-16(20)12-3-5-13(18)6-4-12/h3-11,19H,1-2H3/b10-9+. The number of carbonyl (C=O) groups is 1. The number of benzene rings is 2. The molecule has 22 heavy (non-hydrogen) atoms. The Bertz CT molecular complexity index is 681. The van der Waals surface area contributed by atoms with Crippen LogP contribution in [0.1, 0.15) is 10.4 Å². The van der Waals surface area contributed by atoms with Gasteiger partial charge in [-0.3, -0.25) is 4.79 Å². The molecule has 0 fully saturated rings. The van der Waals surface area contributed by atoms with Crippen molar-refractivity contribution >= 4 is 23.1 Å². The van der Waals surface area contributed by atoms with Gasteiger partial charge in [0.05, 0.1) is 19.9 Å². The fraction of sp³-hybridized carbons (Fsp3) is 0.118. The molecule has 2 aromatic rings. The number of anilines is 1. The number of ketones is 1. The number of hydrogen-bond acceptors (Lipinski definition) is 4. The van der Waals surface area contributed by atoms with Crippen molar-refractivity contribution < 1.29 is 14.3 Å². The van der Waals surface area contributed by atoms with Gasteiger partial charge in [-0.15, -0.1) is 0 Å².